The van der Waals surface area contributed by atoms with Crippen molar-refractivity contribution >= 4 is 27.1 Å². The second-order valence-electron chi connectivity index (χ2n) is 7.23. The van der Waals surface area contributed by atoms with Crippen LogP contribution in [0, 0.1) is 19.7 Å². The fourth-order valence-electron chi connectivity index (χ4n) is 3.68. The molecule has 2 aliphatic heterocycles. The summed E-state index contributed by atoms with van der Waals surface area (Å²) in [6.07, 6.45) is 1.31. The normalized spacial score (nSPS) is 18.2. The molecule has 0 atom stereocenters. The first-order chi connectivity index (χ1) is 13.8. The quantitative estimate of drug-likeness (QED) is 0.704. The number of hydrogen-bond donors (Lipinski definition) is 0. The molecule has 0 saturated carbocycles. The second-order valence-corrected chi connectivity index (χ2v) is 9.12. The number of anilines is 2. The van der Waals surface area contributed by atoms with Crippen LogP contribution in [0.3, 0.4) is 0 Å². The number of fused-ring (bicyclic) bond motifs is 1. The van der Waals surface area contributed by atoms with Gasteiger partial charge in [-0.05, 0) is 55.3 Å². The molecule has 2 heterocycles. The zero-order chi connectivity index (χ0) is 20.8. The predicted molar refractivity (Wildman–Crippen MR) is 107 cm³/mol. The van der Waals surface area contributed by atoms with E-state index in [1.807, 2.05) is 32.0 Å². The summed E-state index contributed by atoms with van der Waals surface area (Å²) >= 11 is 0. The number of halogens is 1. The Hall–Kier alpha value is -2.71. The van der Waals surface area contributed by atoms with Gasteiger partial charge < -0.3 is 14.5 Å². The molecule has 2 aromatic rings. The molecule has 1 saturated heterocycles. The zero-order valence-electron chi connectivity index (χ0n) is 16.2. The second kappa shape index (κ2) is 7.27. The third-order valence-electron chi connectivity index (χ3n) is 5.00. The van der Waals surface area contributed by atoms with Crippen molar-refractivity contribution in [3.05, 3.63) is 64.4 Å². The summed E-state index contributed by atoms with van der Waals surface area (Å²) in [5, 5.41) is 0. The lowest BCUT2D eigenvalue weighted by atomic mass is 10.1. The van der Waals surface area contributed by atoms with Gasteiger partial charge in [-0.1, -0.05) is 6.07 Å². The van der Waals surface area contributed by atoms with E-state index in [2.05, 4.69) is 0 Å². The van der Waals surface area contributed by atoms with Crippen molar-refractivity contribution < 1.29 is 22.3 Å². The maximum absolute atomic E-state index is 14.0. The maximum atomic E-state index is 14.0. The van der Waals surface area contributed by atoms with E-state index < -0.39 is 21.6 Å². The number of aryl methyl sites for hydroxylation is 2. The SMILES string of the molecule is Cc1cc(C)cc(N2C=C(C(=O)N3CCOCC3)S(=O)(=O)c3ccc(F)cc32)c1. The highest BCUT2D eigenvalue weighted by molar-refractivity contribution is 7.96. The van der Waals surface area contributed by atoms with Crippen molar-refractivity contribution in [2.45, 2.75) is 18.7 Å². The number of rotatable bonds is 2. The molecule has 6 nitrogen and oxygen atoms in total. The van der Waals surface area contributed by atoms with E-state index in [4.69, 9.17) is 4.74 Å². The number of carbonyl (C=O) groups is 1. The van der Waals surface area contributed by atoms with E-state index in [0.29, 0.717) is 32.0 Å². The van der Waals surface area contributed by atoms with E-state index in [0.717, 1.165) is 17.2 Å². The molecule has 0 spiro atoms. The minimum absolute atomic E-state index is 0.0860. The molecule has 0 aromatic heterocycles. The number of ether oxygens (including phenoxy) is 1. The van der Waals surface area contributed by atoms with E-state index in [-0.39, 0.29) is 15.5 Å². The Morgan fingerprint density at radius 2 is 1.69 bits per heavy atom. The molecule has 0 radical (unpaired) electrons. The van der Waals surface area contributed by atoms with Gasteiger partial charge in [-0.15, -0.1) is 0 Å². The topological polar surface area (TPSA) is 66.9 Å². The van der Waals surface area contributed by atoms with Gasteiger partial charge in [-0.2, -0.15) is 0 Å². The van der Waals surface area contributed by atoms with Crippen LogP contribution in [-0.4, -0.2) is 45.5 Å². The van der Waals surface area contributed by atoms with Crippen LogP contribution >= 0.6 is 0 Å². The fourth-order valence-corrected chi connectivity index (χ4v) is 5.20. The van der Waals surface area contributed by atoms with Gasteiger partial charge in [0.05, 0.1) is 23.8 Å². The number of carbonyl (C=O) groups excluding carboxylic acids is 1. The van der Waals surface area contributed by atoms with Crippen molar-refractivity contribution in [2.75, 3.05) is 31.2 Å². The fraction of sp³-hybridized carbons (Fsp3) is 0.286. The molecule has 1 amide bonds. The average molecular weight is 416 g/mol. The van der Waals surface area contributed by atoms with Gasteiger partial charge in [0.15, 0.2) is 4.91 Å². The first-order valence-corrected chi connectivity index (χ1v) is 10.8. The molecule has 0 N–H and O–H groups in total. The summed E-state index contributed by atoms with van der Waals surface area (Å²) in [5.41, 5.74) is 2.80. The maximum Gasteiger partial charge on any atom is 0.267 e. The lowest BCUT2D eigenvalue weighted by molar-refractivity contribution is -0.130. The Labute approximate surface area is 169 Å². The number of sulfone groups is 1. The molecular weight excluding hydrogens is 395 g/mol. The molecule has 2 aliphatic rings. The van der Waals surface area contributed by atoms with Crippen LogP contribution in [0.5, 0.6) is 0 Å². The summed E-state index contributed by atoms with van der Waals surface area (Å²) in [6, 6.07) is 9.21. The van der Waals surface area contributed by atoms with Gasteiger partial charge in [0.25, 0.3) is 5.91 Å². The van der Waals surface area contributed by atoms with Crippen molar-refractivity contribution in [2.24, 2.45) is 0 Å². The van der Waals surface area contributed by atoms with E-state index in [1.54, 1.807) is 4.90 Å². The van der Waals surface area contributed by atoms with Crippen molar-refractivity contribution in [3.8, 4) is 0 Å². The number of nitrogens with zero attached hydrogens (tertiary/aromatic N) is 2. The van der Waals surface area contributed by atoms with Crippen molar-refractivity contribution in [1.82, 2.24) is 4.90 Å². The van der Waals surface area contributed by atoms with Gasteiger partial charge in [0.2, 0.25) is 9.84 Å². The molecule has 0 aliphatic carbocycles. The van der Waals surface area contributed by atoms with E-state index in [1.165, 1.54) is 23.2 Å². The van der Waals surface area contributed by atoms with E-state index >= 15 is 0 Å². The summed E-state index contributed by atoms with van der Waals surface area (Å²) in [7, 11) is -4.09. The number of morpholine rings is 1. The predicted octanol–water partition coefficient (Wildman–Crippen LogP) is 3.07. The van der Waals surface area contributed by atoms with Crippen LogP contribution in [0.4, 0.5) is 15.8 Å². The highest BCUT2D eigenvalue weighted by atomic mass is 32.2. The average Bonchev–Trinajstić information content (AvgIpc) is 2.67. The monoisotopic (exact) mass is 416 g/mol. The lowest BCUT2D eigenvalue weighted by Gasteiger charge is -2.32. The van der Waals surface area contributed by atoms with Gasteiger partial charge in [0, 0.05) is 25.0 Å². The summed E-state index contributed by atoms with van der Waals surface area (Å²) < 4.78 is 45.7. The molecule has 152 valence electrons. The number of amides is 1. The summed E-state index contributed by atoms with van der Waals surface area (Å²) in [5.74, 6) is -1.12. The largest absolute Gasteiger partial charge is 0.378 e. The number of benzene rings is 2. The Morgan fingerprint density at radius 1 is 1.03 bits per heavy atom. The van der Waals surface area contributed by atoms with Gasteiger partial charge in [-0.25, -0.2) is 12.8 Å². The molecule has 4 rings (SSSR count). The highest BCUT2D eigenvalue weighted by Gasteiger charge is 2.38. The minimum atomic E-state index is -4.09. The van der Waals surface area contributed by atoms with Gasteiger partial charge in [0.1, 0.15) is 5.82 Å². The van der Waals surface area contributed by atoms with Crippen LogP contribution in [0.2, 0.25) is 0 Å². The van der Waals surface area contributed by atoms with Crippen LogP contribution in [0.15, 0.2) is 52.4 Å². The highest BCUT2D eigenvalue weighted by Crippen LogP contribution is 2.40. The standard InChI is InChI=1S/C21H21FN2O4S/c1-14-9-15(2)11-17(10-14)24-13-20(21(25)23-5-7-28-8-6-23)29(26,27)19-4-3-16(22)12-18(19)24/h3-4,9-13H,5-8H2,1-2H3. The van der Waals surface area contributed by atoms with Crippen molar-refractivity contribution in [3.63, 3.8) is 0 Å². The third kappa shape index (κ3) is 3.54. The Balaban J connectivity index is 1.90. The number of hydrogen-bond acceptors (Lipinski definition) is 5. The molecule has 8 heteroatoms. The summed E-state index contributed by atoms with van der Waals surface area (Å²) in [4.78, 5) is 15.7. The Bertz CT molecular complexity index is 1100. The zero-order valence-corrected chi connectivity index (χ0v) is 17.0. The molecule has 2 aromatic carbocycles. The van der Waals surface area contributed by atoms with Gasteiger partial charge in [-0.3, -0.25) is 4.79 Å². The molecule has 1 fully saturated rings. The van der Waals surface area contributed by atoms with Crippen LogP contribution in [0.1, 0.15) is 11.1 Å². The molecule has 0 bridgehead atoms. The van der Waals surface area contributed by atoms with Crippen LogP contribution < -0.4 is 4.90 Å². The Kier molecular flexibility index (Phi) is 4.92. The van der Waals surface area contributed by atoms with Crippen LogP contribution in [-0.2, 0) is 19.4 Å². The Morgan fingerprint density at radius 3 is 2.34 bits per heavy atom. The minimum Gasteiger partial charge on any atom is -0.378 e. The van der Waals surface area contributed by atoms with Crippen molar-refractivity contribution in [1.29, 1.82) is 0 Å². The first-order valence-electron chi connectivity index (χ1n) is 9.28. The summed E-state index contributed by atoms with van der Waals surface area (Å²) in [6.45, 7) is 5.22. The molecule has 29 heavy (non-hydrogen) atoms. The van der Waals surface area contributed by atoms with Crippen LogP contribution in [0.25, 0.3) is 0 Å². The lowest BCUT2D eigenvalue weighted by Crippen LogP contribution is -2.43. The third-order valence-corrected chi connectivity index (χ3v) is 6.78. The van der Waals surface area contributed by atoms with Gasteiger partial charge >= 0.3 is 0 Å². The van der Waals surface area contributed by atoms with E-state index in [9.17, 15) is 17.6 Å². The molecule has 0 unspecified atom stereocenters. The first kappa shape index (κ1) is 19.6. The smallest absolute Gasteiger partial charge is 0.267 e. The molecular formula is C21H21FN2O4S.